The summed E-state index contributed by atoms with van der Waals surface area (Å²) < 4.78 is 16.2. The molecule has 1 aromatic carbocycles. The van der Waals surface area contributed by atoms with Crippen LogP contribution >= 0.6 is 0 Å². The van der Waals surface area contributed by atoms with Crippen molar-refractivity contribution in [2.75, 3.05) is 20.3 Å². The number of ether oxygens (including phenoxy) is 2. The summed E-state index contributed by atoms with van der Waals surface area (Å²) in [5.74, 6) is 1.62. The molecule has 1 aliphatic heterocycles. The molecule has 1 N–H and O–H groups in total. The van der Waals surface area contributed by atoms with Gasteiger partial charge in [0.15, 0.2) is 11.5 Å². The molecule has 0 amide bonds. The van der Waals surface area contributed by atoms with E-state index in [2.05, 4.69) is 11.1 Å². The highest BCUT2D eigenvalue weighted by molar-refractivity contribution is 6.43. The van der Waals surface area contributed by atoms with Crippen LogP contribution in [0.3, 0.4) is 0 Å². The van der Waals surface area contributed by atoms with E-state index in [0.29, 0.717) is 25.3 Å². The second kappa shape index (κ2) is 7.02. The summed E-state index contributed by atoms with van der Waals surface area (Å²) in [6.45, 7) is 3.05. The molecule has 1 atom stereocenters. The second-order valence-corrected chi connectivity index (χ2v) is 5.53. The highest BCUT2D eigenvalue weighted by Crippen LogP contribution is 2.34. The quantitative estimate of drug-likeness (QED) is 0.860. The van der Waals surface area contributed by atoms with Gasteiger partial charge in [-0.25, -0.2) is 0 Å². The van der Waals surface area contributed by atoms with Gasteiger partial charge >= 0.3 is 7.12 Å². The molecule has 0 radical (unpaired) electrons. The van der Waals surface area contributed by atoms with Crippen LogP contribution in [-0.4, -0.2) is 37.4 Å². The molecule has 5 nitrogen and oxygen atoms in total. The standard InChI is InChI=1S/C17H20BNO4/c1-3-22-17-7-12(4-5-16(17)21-2)13-6-14(10-19-9-13)15-8-18(20)23-11-15/h4-7,9-10,15,20H,3,8,11H2,1-2H3/t15-/m0/s1. The Hall–Kier alpha value is -2.05. The van der Waals surface area contributed by atoms with Gasteiger partial charge in [0.25, 0.3) is 0 Å². The van der Waals surface area contributed by atoms with Crippen molar-refractivity contribution >= 4 is 7.12 Å². The fourth-order valence-electron chi connectivity index (χ4n) is 2.80. The van der Waals surface area contributed by atoms with Gasteiger partial charge in [-0.15, -0.1) is 0 Å². The van der Waals surface area contributed by atoms with Crippen molar-refractivity contribution in [3.05, 3.63) is 42.2 Å². The van der Waals surface area contributed by atoms with E-state index in [-0.39, 0.29) is 5.92 Å². The molecule has 2 heterocycles. The van der Waals surface area contributed by atoms with Gasteiger partial charge in [0.05, 0.1) is 13.7 Å². The highest BCUT2D eigenvalue weighted by atomic mass is 16.5. The SMILES string of the molecule is CCOc1cc(-c2cncc([C@@H]3COB(O)C3)c2)ccc1OC. The lowest BCUT2D eigenvalue weighted by Gasteiger charge is -2.13. The number of aromatic nitrogens is 1. The summed E-state index contributed by atoms with van der Waals surface area (Å²) in [4.78, 5) is 4.34. The van der Waals surface area contributed by atoms with Crippen LogP contribution in [0.25, 0.3) is 11.1 Å². The molecule has 1 saturated heterocycles. The molecule has 23 heavy (non-hydrogen) atoms. The molecular weight excluding hydrogens is 293 g/mol. The minimum absolute atomic E-state index is 0.182. The Morgan fingerprint density at radius 3 is 2.83 bits per heavy atom. The average molecular weight is 313 g/mol. The van der Waals surface area contributed by atoms with E-state index >= 15 is 0 Å². The van der Waals surface area contributed by atoms with E-state index in [1.807, 2.05) is 37.5 Å². The Bertz CT molecular complexity index is 679. The van der Waals surface area contributed by atoms with Gasteiger partial charge in [0, 0.05) is 30.5 Å². The highest BCUT2D eigenvalue weighted by Gasteiger charge is 2.30. The van der Waals surface area contributed by atoms with E-state index in [0.717, 1.165) is 22.4 Å². The molecule has 6 heteroatoms. The minimum atomic E-state index is -0.672. The number of hydrogen-bond acceptors (Lipinski definition) is 5. The molecule has 1 aliphatic rings. The van der Waals surface area contributed by atoms with Gasteiger partial charge in [-0.1, -0.05) is 6.07 Å². The maximum atomic E-state index is 9.53. The van der Waals surface area contributed by atoms with Crippen LogP contribution in [0.2, 0.25) is 6.32 Å². The number of methoxy groups -OCH3 is 1. The first kappa shape index (κ1) is 15.8. The van der Waals surface area contributed by atoms with E-state index in [4.69, 9.17) is 14.1 Å². The van der Waals surface area contributed by atoms with Crippen LogP contribution in [0, 0.1) is 0 Å². The molecule has 120 valence electrons. The molecule has 2 aromatic rings. The summed E-state index contributed by atoms with van der Waals surface area (Å²) in [6.07, 6.45) is 4.27. The smallest absolute Gasteiger partial charge is 0.454 e. The van der Waals surface area contributed by atoms with Crippen molar-refractivity contribution < 1.29 is 19.2 Å². The van der Waals surface area contributed by atoms with Crippen LogP contribution < -0.4 is 9.47 Å². The van der Waals surface area contributed by atoms with Crippen molar-refractivity contribution in [3.8, 4) is 22.6 Å². The van der Waals surface area contributed by atoms with E-state index in [1.54, 1.807) is 7.11 Å². The Labute approximate surface area is 136 Å². The van der Waals surface area contributed by atoms with Crippen molar-refractivity contribution in [2.45, 2.75) is 19.2 Å². The fourth-order valence-corrected chi connectivity index (χ4v) is 2.80. The normalized spacial score (nSPS) is 17.3. The van der Waals surface area contributed by atoms with Crippen LogP contribution in [0.5, 0.6) is 11.5 Å². The predicted octanol–water partition coefficient (Wildman–Crippen LogP) is 2.75. The van der Waals surface area contributed by atoms with E-state index in [9.17, 15) is 5.02 Å². The van der Waals surface area contributed by atoms with Crippen LogP contribution in [-0.2, 0) is 4.65 Å². The first-order chi connectivity index (χ1) is 11.2. The fraction of sp³-hybridized carbons (Fsp3) is 0.353. The third-order valence-electron chi connectivity index (χ3n) is 4.00. The minimum Gasteiger partial charge on any atom is -0.493 e. The van der Waals surface area contributed by atoms with Gasteiger partial charge in [-0.3, -0.25) is 4.98 Å². The number of pyridine rings is 1. The largest absolute Gasteiger partial charge is 0.493 e. The Morgan fingerprint density at radius 2 is 2.13 bits per heavy atom. The van der Waals surface area contributed by atoms with Gasteiger partial charge in [-0.05, 0) is 42.6 Å². The van der Waals surface area contributed by atoms with E-state index in [1.165, 1.54) is 0 Å². The molecule has 0 aliphatic carbocycles. The van der Waals surface area contributed by atoms with Crippen molar-refractivity contribution in [2.24, 2.45) is 0 Å². The lowest BCUT2D eigenvalue weighted by Crippen LogP contribution is -2.07. The van der Waals surface area contributed by atoms with Gasteiger partial charge < -0.3 is 19.2 Å². The van der Waals surface area contributed by atoms with Crippen LogP contribution in [0.15, 0.2) is 36.7 Å². The zero-order chi connectivity index (χ0) is 16.2. The molecule has 0 saturated carbocycles. The summed E-state index contributed by atoms with van der Waals surface area (Å²) in [6, 6.07) is 7.94. The topological polar surface area (TPSA) is 60.8 Å². The summed E-state index contributed by atoms with van der Waals surface area (Å²) in [5.41, 5.74) is 3.10. The Balaban J connectivity index is 1.91. The number of rotatable bonds is 5. The number of benzene rings is 1. The van der Waals surface area contributed by atoms with Gasteiger partial charge in [-0.2, -0.15) is 0 Å². The Morgan fingerprint density at radius 1 is 1.26 bits per heavy atom. The van der Waals surface area contributed by atoms with Crippen LogP contribution in [0.1, 0.15) is 18.4 Å². The Kier molecular flexibility index (Phi) is 4.83. The first-order valence-corrected chi connectivity index (χ1v) is 7.77. The van der Waals surface area contributed by atoms with Crippen molar-refractivity contribution in [1.82, 2.24) is 4.98 Å². The molecule has 0 spiro atoms. The van der Waals surface area contributed by atoms with Crippen molar-refractivity contribution in [1.29, 1.82) is 0 Å². The van der Waals surface area contributed by atoms with Gasteiger partial charge in [0.2, 0.25) is 0 Å². The molecule has 0 unspecified atom stereocenters. The number of nitrogens with zero attached hydrogens (tertiary/aromatic N) is 1. The predicted molar refractivity (Wildman–Crippen MR) is 88.9 cm³/mol. The molecular formula is C17H20BNO4. The maximum absolute atomic E-state index is 9.53. The zero-order valence-electron chi connectivity index (χ0n) is 13.4. The maximum Gasteiger partial charge on any atom is 0.454 e. The molecule has 3 rings (SSSR count). The lowest BCUT2D eigenvalue weighted by molar-refractivity contribution is 0.292. The molecule has 1 aromatic heterocycles. The lowest BCUT2D eigenvalue weighted by atomic mass is 9.80. The third kappa shape index (κ3) is 3.49. The van der Waals surface area contributed by atoms with E-state index < -0.39 is 7.12 Å². The van der Waals surface area contributed by atoms with Crippen molar-refractivity contribution in [3.63, 3.8) is 0 Å². The zero-order valence-corrected chi connectivity index (χ0v) is 13.4. The first-order valence-electron chi connectivity index (χ1n) is 7.77. The summed E-state index contributed by atoms with van der Waals surface area (Å²) in [7, 11) is 0.958. The van der Waals surface area contributed by atoms with Gasteiger partial charge in [0.1, 0.15) is 0 Å². The number of hydrogen-bond donors (Lipinski definition) is 1. The third-order valence-corrected chi connectivity index (χ3v) is 4.00. The second-order valence-electron chi connectivity index (χ2n) is 5.53. The van der Waals surface area contributed by atoms with Crippen LogP contribution in [0.4, 0.5) is 0 Å². The molecule has 1 fully saturated rings. The average Bonchev–Trinajstić information content (AvgIpc) is 3.02. The molecule has 0 bridgehead atoms. The monoisotopic (exact) mass is 313 g/mol. The summed E-state index contributed by atoms with van der Waals surface area (Å²) in [5, 5.41) is 9.53. The summed E-state index contributed by atoms with van der Waals surface area (Å²) >= 11 is 0.